The second-order valence-corrected chi connectivity index (χ2v) is 9.61. The van der Waals surface area contributed by atoms with Gasteiger partial charge in [-0.3, -0.25) is 0 Å². The number of rotatable bonds is 5. The highest BCUT2D eigenvalue weighted by molar-refractivity contribution is 6.30. The second kappa shape index (κ2) is 9.58. The zero-order chi connectivity index (χ0) is 24.5. The van der Waals surface area contributed by atoms with Gasteiger partial charge in [0, 0.05) is 24.6 Å². The zero-order valence-electron chi connectivity index (χ0n) is 19.5. The van der Waals surface area contributed by atoms with Crippen LogP contribution in [0.3, 0.4) is 0 Å². The fourth-order valence-electron chi connectivity index (χ4n) is 3.72. The number of nitrogens with one attached hydrogen (secondary N) is 1. The van der Waals surface area contributed by atoms with E-state index in [2.05, 4.69) is 20.3 Å². The minimum atomic E-state index is -0.551. The maximum Gasteiger partial charge on any atom is 0.410 e. The summed E-state index contributed by atoms with van der Waals surface area (Å²) < 4.78 is 26.0. The molecule has 1 aliphatic rings. The summed E-state index contributed by atoms with van der Waals surface area (Å²) in [5.41, 5.74) is 0.978. The highest BCUT2D eigenvalue weighted by Crippen LogP contribution is 2.28. The van der Waals surface area contributed by atoms with Crippen LogP contribution in [-0.4, -0.2) is 50.7 Å². The number of aromatic nitrogens is 3. The normalized spacial score (nSPS) is 17.0. The molecule has 4 rings (SSSR count). The number of carbonyl (C=O) groups excluding carboxylic acids is 1. The smallest absolute Gasteiger partial charge is 0.410 e. The number of hydrogen-bond acceptors (Lipinski definition) is 7. The minimum Gasteiger partial charge on any atom is -0.472 e. The van der Waals surface area contributed by atoms with Crippen LogP contribution in [0.2, 0.25) is 5.02 Å². The summed E-state index contributed by atoms with van der Waals surface area (Å²) in [6.45, 7) is 8.28. The molecule has 1 N–H and O–H groups in total. The molecule has 1 fully saturated rings. The number of hydrogen-bond donors (Lipinski definition) is 1. The quantitative estimate of drug-likeness (QED) is 0.516. The van der Waals surface area contributed by atoms with Gasteiger partial charge in [-0.2, -0.15) is 0 Å². The summed E-state index contributed by atoms with van der Waals surface area (Å²) in [6.07, 6.45) is 1.52. The van der Waals surface area contributed by atoms with Gasteiger partial charge in [0.15, 0.2) is 5.82 Å². The van der Waals surface area contributed by atoms with Crippen molar-refractivity contribution in [3.63, 3.8) is 0 Å². The van der Waals surface area contributed by atoms with E-state index in [4.69, 9.17) is 21.1 Å². The van der Waals surface area contributed by atoms with E-state index in [0.29, 0.717) is 47.8 Å². The minimum absolute atomic E-state index is 0.0597. The number of likely N-dealkylation sites (tertiary alicyclic amines) is 1. The van der Waals surface area contributed by atoms with Crippen LogP contribution < -0.4 is 10.1 Å². The SMILES string of the molecule is CC(Nc1ncnc2ccc(O[C@H]3CCN(C(=O)OC(C)(C)C)C3)nc12)c1cccc(Cl)c1F. The summed E-state index contributed by atoms with van der Waals surface area (Å²) in [5.74, 6) is 0.363. The van der Waals surface area contributed by atoms with Gasteiger partial charge in [0.25, 0.3) is 0 Å². The van der Waals surface area contributed by atoms with Crippen molar-refractivity contribution >= 4 is 34.5 Å². The molecule has 2 aromatic heterocycles. The number of fused-ring (bicyclic) bond motifs is 1. The summed E-state index contributed by atoms with van der Waals surface area (Å²) >= 11 is 5.93. The van der Waals surface area contributed by atoms with E-state index < -0.39 is 17.5 Å². The van der Waals surface area contributed by atoms with E-state index in [9.17, 15) is 9.18 Å². The van der Waals surface area contributed by atoms with Crippen LogP contribution in [0, 0.1) is 5.82 Å². The number of amides is 1. The van der Waals surface area contributed by atoms with Crippen LogP contribution in [0.4, 0.5) is 15.0 Å². The zero-order valence-corrected chi connectivity index (χ0v) is 20.3. The Hall–Kier alpha value is -3.20. The third kappa shape index (κ3) is 5.47. The van der Waals surface area contributed by atoms with Crippen LogP contribution in [0.15, 0.2) is 36.7 Å². The van der Waals surface area contributed by atoms with Crippen molar-refractivity contribution in [3.05, 3.63) is 53.1 Å². The molecule has 1 aromatic carbocycles. The van der Waals surface area contributed by atoms with Crippen molar-refractivity contribution in [2.75, 3.05) is 18.4 Å². The van der Waals surface area contributed by atoms with Crippen molar-refractivity contribution in [2.24, 2.45) is 0 Å². The molecule has 0 radical (unpaired) electrons. The Bertz CT molecular complexity index is 1200. The first-order chi connectivity index (χ1) is 16.1. The molecule has 2 atom stereocenters. The first-order valence-electron chi connectivity index (χ1n) is 11.1. The van der Waals surface area contributed by atoms with E-state index in [1.165, 1.54) is 12.4 Å². The second-order valence-electron chi connectivity index (χ2n) is 9.20. The number of pyridine rings is 1. The first kappa shape index (κ1) is 23.9. The summed E-state index contributed by atoms with van der Waals surface area (Å²) in [4.78, 5) is 27.1. The van der Waals surface area contributed by atoms with Crippen molar-refractivity contribution < 1.29 is 18.7 Å². The van der Waals surface area contributed by atoms with Crippen molar-refractivity contribution in [3.8, 4) is 5.88 Å². The number of nitrogens with zero attached hydrogens (tertiary/aromatic N) is 4. The third-order valence-corrected chi connectivity index (χ3v) is 5.63. The number of carbonyl (C=O) groups is 1. The molecule has 180 valence electrons. The van der Waals surface area contributed by atoms with Gasteiger partial charge in [-0.25, -0.2) is 24.1 Å². The fraction of sp³-hybridized carbons (Fsp3) is 0.417. The molecule has 1 unspecified atom stereocenters. The molecule has 0 aliphatic carbocycles. The Morgan fingerprint density at radius 1 is 1.26 bits per heavy atom. The van der Waals surface area contributed by atoms with Gasteiger partial charge in [-0.15, -0.1) is 0 Å². The molecule has 3 aromatic rings. The van der Waals surface area contributed by atoms with Crippen LogP contribution in [0.5, 0.6) is 5.88 Å². The monoisotopic (exact) mass is 487 g/mol. The molecular formula is C24H27ClFN5O3. The first-order valence-corrected chi connectivity index (χ1v) is 11.5. The lowest BCUT2D eigenvalue weighted by Gasteiger charge is -2.24. The van der Waals surface area contributed by atoms with Crippen molar-refractivity contribution in [1.29, 1.82) is 0 Å². The number of benzene rings is 1. The van der Waals surface area contributed by atoms with Crippen molar-refractivity contribution in [2.45, 2.75) is 51.9 Å². The lowest BCUT2D eigenvalue weighted by molar-refractivity contribution is 0.0275. The number of anilines is 1. The van der Waals surface area contributed by atoms with Crippen LogP contribution in [-0.2, 0) is 4.74 Å². The molecule has 1 amide bonds. The predicted molar refractivity (Wildman–Crippen MR) is 128 cm³/mol. The molecule has 0 spiro atoms. The summed E-state index contributed by atoms with van der Waals surface area (Å²) in [5, 5.41) is 3.26. The lowest BCUT2D eigenvalue weighted by atomic mass is 10.1. The molecular weight excluding hydrogens is 461 g/mol. The van der Waals surface area contributed by atoms with E-state index >= 15 is 0 Å². The topological polar surface area (TPSA) is 89.5 Å². The van der Waals surface area contributed by atoms with Gasteiger partial charge in [0.1, 0.15) is 29.4 Å². The molecule has 1 saturated heterocycles. The Kier molecular flexibility index (Phi) is 6.74. The fourth-order valence-corrected chi connectivity index (χ4v) is 3.90. The average Bonchev–Trinajstić information content (AvgIpc) is 3.23. The van der Waals surface area contributed by atoms with Crippen molar-refractivity contribution in [1.82, 2.24) is 19.9 Å². The molecule has 0 saturated carbocycles. The number of halogens is 2. The summed E-state index contributed by atoms with van der Waals surface area (Å²) in [7, 11) is 0. The molecule has 8 nitrogen and oxygen atoms in total. The predicted octanol–water partition coefficient (Wildman–Crippen LogP) is 5.38. The molecule has 1 aliphatic heterocycles. The largest absolute Gasteiger partial charge is 0.472 e. The summed E-state index contributed by atoms with van der Waals surface area (Å²) in [6, 6.07) is 7.97. The van der Waals surface area contributed by atoms with Gasteiger partial charge >= 0.3 is 6.09 Å². The number of ether oxygens (including phenoxy) is 2. The van der Waals surface area contributed by atoms with E-state index in [1.54, 1.807) is 29.2 Å². The highest BCUT2D eigenvalue weighted by Gasteiger charge is 2.31. The van der Waals surface area contributed by atoms with Crippen LogP contribution in [0.1, 0.15) is 45.7 Å². The van der Waals surface area contributed by atoms with E-state index in [-0.39, 0.29) is 17.2 Å². The van der Waals surface area contributed by atoms with Gasteiger partial charge in [0.05, 0.1) is 23.1 Å². The van der Waals surface area contributed by atoms with Gasteiger partial charge in [0.2, 0.25) is 5.88 Å². The maximum absolute atomic E-state index is 14.5. The van der Waals surface area contributed by atoms with Gasteiger partial charge < -0.3 is 19.7 Å². The van der Waals surface area contributed by atoms with E-state index in [0.717, 1.165) is 0 Å². The van der Waals surface area contributed by atoms with Gasteiger partial charge in [-0.1, -0.05) is 23.7 Å². The average molecular weight is 488 g/mol. The standard InChI is InChI=1S/C24H27ClFN5O3/c1-14(16-6-5-7-17(25)20(16)26)29-22-21-18(27-13-28-22)8-9-19(30-21)33-15-10-11-31(12-15)23(32)34-24(2,3)4/h5-9,13-15H,10-12H2,1-4H3,(H,27,28,29)/t14?,15-/m0/s1. The highest BCUT2D eigenvalue weighted by atomic mass is 35.5. The Morgan fingerprint density at radius 2 is 2.06 bits per heavy atom. The molecule has 10 heteroatoms. The van der Waals surface area contributed by atoms with Gasteiger partial charge in [-0.05, 0) is 39.8 Å². The lowest BCUT2D eigenvalue weighted by Crippen LogP contribution is -2.36. The molecule has 0 bridgehead atoms. The van der Waals surface area contributed by atoms with Crippen LogP contribution >= 0.6 is 11.6 Å². The van der Waals surface area contributed by atoms with Crippen LogP contribution in [0.25, 0.3) is 11.0 Å². The Balaban J connectivity index is 1.49. The molecule has 3 heterocycles. The maximum atomic E-state index is 14.5. The Labute approximate surface area is 202 Å². The molecule has 34 heavy (non-hydrogen) atoms. The third-order valence-electron chi connectivity index (χ3n) is 5.34. The Morgan fingerprint density at radius 3 is 2.82 bits per heavy atom. The van der Waals surface area contributed by atoms with E-state index in [1.807, 2.05) is 27.7 Å².